The fourth-order valence-corrected chi connectivity index (χ4v) is 3.74. The molecule has 0 spiro atoms. The van der Waals surface area contributed by atoms with E-state index in [9.17, 15) is 9.59 Å². The third-order valence-corrected chi connectivity index (χ3v) is 5.55. The van der Waals surface area contributed by atoms with Crippen LogP contribution in [0.5, 0.6) is 0 Å². The Balaban J connectivity index is 1.36. The standard InChI is InChI=1S/C20H15BrN6O3/c1-11-2-8-14(9-3-11)27-19(28)16-17(20(27)29)26(25-23-16)10-15-22-18(24-30-15)12-4-6-13(21)7-5-12/h2-9,16-17H,10H2,1H3/t16-,17+/m0/s1. The minimum absolute atomic E-state index is 0.0783. The average Bonchev–Trinajstić information content (AvgIpc) is 3.43. The number of aromatic nitrogens is 2. The van der Waals surface area contributed by atoms with Gasteiger partial charge in [0.05, 0.1) is 5.69 Å². The number of amides is 2. The van der Waals surface area contributed by atoms with E-state index in [1.165, 1.54) is 9.91 Å². The van der Waals surface area contributed by atoms with Gasteiger partial charge in [0, 0.05) is 10.0 Å². The molecular weight excluding hydrogens is 452 g/mol. The van der Waals surface area contributed by atoms with Gasteiger partial charge in [-0.25, -0.2) is 4.90 Å². The van der Waals surface area contributed by atoms with Crippen LogP contribution < -0.4 is 4.90 Å². The van der Waals surface area contributed by atoms with Crippen molar-refractivity contribution in [2.24, 2.45) is 10.3 Å². The Hall–Kier alpha value is -3.40. The molecule has 30 heavy (non-hydrogen) atoms. The number of halogens is 1. The van der Waals surface area contributed by atoms with Gasteiger partial charge in [-0.2, -0.15) is 10.1 Å². The Morgan fingerprint density at radius 1 is 1.03 bits per heavy atom. The quantitative estimate of drug-likeness (QED) is 0.546. The number of aryl methyl sites for hydroxylation is 1. The molecule has 0 unspecified atom stereocenters. The van der Waals surface area contributed by atoms with Crippen molar-refractivity contribution in [2.75, 3.05) is 4.90 Å². The number of hydrogen-bond acceptors (Lipinski definition) is 8. The smallest absolute Gasteiger partial charge is 0.263 e. The van der Waals surface area contributed by atoms with Crippen LogP contribution in [0.1, 0.15) is 11.5 Å². The molecule has 2 aliphatic heterocycles. The van der Waals surface area contributed by atoms with Gasteiger partial charge in [0.2, 0.25) is 11.7 Å². The molecule has 1 aromatic heterocycles. The number of fused-ring (bicyclic) bond motifs is 1. The summed E-state index contributed by atoms with van der Waals surface area (Å²) in [6.45, 7) is 2.02. The molecule has 2 amide bonds. The van der Waals surface area contributed by atoms with Crippen molar-refractivity contribution in [1.82, 2.24) is 15.1 Å². The van der Waals surface area contributed by atoms with E-state index < -0.39 is 12.1 Å². The molecule has 1 fully saturated rings. The summed E-state index contributed by atoms with van der Waals surface area (Å²) in [6, 6.07) is 13.0. The van der Waals surface area contributed by atoms with E-state index in [0.29, 0.717) is 11.5 Å². The fraction of sp³-hybridized carbons (Fsp3) is 0.200. The number of carbonyl (C=O) groups excluding carboxylic acids is 2. The van der Waals surface area contributed by atoms with E-state index in [1.807, 2.05) is 43.3 Å². The largest absolute Gasteiger partial charge is 0.337 e. The molecule has 2 aliphatic rings. The minimum Gasteiger partial charge on any atom is -0.337 e. The zero-order valence-corrected chi connectivity index (χ0v) is 17.4. The van der Waals surface area contributed by atoms with Crippen molar-refractivity contribution in [3.8, 4) is 11.4 Å². The van der Waals surface area contributed by atoms with E-state index in [0.717, 1.165) is 15.6 Å². The lowest BCUT2D eigenvalue weighted by atomic mass is 10.1. The number of nitrogens with zero attached hydrogens (tertiary/aromatic N) is 6. The number of imide groups is 1. The van der Waals surface area contributed by atoms with Crippen LogP contribution in [0.3, 0.4) is 0 Å². The second-order valence-electron chi connectivity index (χ2n) is 7.06. The summed E-state index contributed by atoms with van der Waals surface area (Å²) in [7, 11) is 0. The second kappa shape index (κ2) is 7.13. The molecule has 0 aliphatic carbocycles. The molecular formula is C20H15BrN6O3. The molecule has 0 bridgehead atoms. The van der Waals surface area contributed by atoms with Crippen molar-refractivity contribution in [3.63, 3.8) is 0 Å². The normalized spacial score (nSPS) is 20.3. The van der Waals surface area contributed by atoms with Crippen LogP contribution in [0.2, 0.25) is 0 Å². The van der Waals surface area contributed by atoms with Gasteiger partial charge in [-0.3, -0.25) is 14.6 Å². The summed E-state index contributed by atoms with van der Waals surface area (Å²) in [5, 5.41) is 13.4. The molecule has 10 heteroatoms. The Labute approximate surface area is 179 Å². The van der Waals surface area contributed by atoms with Crippen LogP contribution in [-0.4, -0.2) is 39.0 Å². The zero-order valence-electron chi connectivity index (χ0n) is 15.8. The first-order chi connectivity index (χ1) is 14.5. The molecule has 2 aromatic carbocycles. The molecule has 3 heterocycles. The summed E-state index contributed by atoms with van der Waals surface area (Å²) < 4.78 is 6.27. The van der Waals surface area contributed by atoms with Crippen molar-refractivity contribution in [2.45, 2.75) is 25.6 Å². The van der Waals surface area contributed by atoms with Gasteiger partial charge in [-0.05, 0) is 43.3 Å². The number of benzene rings is 2. The first-order valence-electron chi connectivity index (χ1n) is 9.22. The topological polar surface area (TPSA) is 104 Å². The Bertz CT molecular complexity index is 1160. The van der Waals surface area contributed by atoms with Gasteiger partial charge in [-0.1, -0.05) is 44.0 Å². The lowest BCUT2D eigenvalue weighted by Crippen LogP contribution is -2.39. The van der Waals surface area contributed by atoms with E-state index >= 15 is 0 Å². The van der Waals surface area contributed by atoms with E-state index in [2.05, 4.69) is 36.4 Å². The van der Waals surface area contributed by atoms with Gasteiger partial charge < -0.3 is 4.52 Å². The maximum absolute atomic E-state index is 13.0. The van der Waals surface area contributed by atoms with Crippen LogP contribution >= 0.6 is 15.9 Å². The van der Waals surface area contributed by atoms with Gasteiger partial charge >= 0.3 is 0 Å². The van der Waals surface area contributed by atoms with Crippen LogP contribution in [0.25, 0.3) is 11.4 Å². The van der Waals surface area contributed by atoms with Crippen molar-refractivity contribution in [1.29, 1.82) is 0 Å². The van der Waals surface area contributed by atoms with Gasteiger partial charge in [0.15, 0.2) is 12.1 Å². The highest BCUT2D eigenvalue weighted by Crippen LogP contribution is 2.33. The minimum atomic E-state index is -0.868. The lowest BCUT2D eigenvalue weighted by Gasteiger charge is -2.19. The van der Waals surface area contributed by atoms with Gasteiger partial charge in [0.1, 0.15) is 6.54 Å². The van der Waals surface area contributed by atoms with Crippen LogP contribution in [0, 0.1) is 6.92 Å². The molecule has 5 rings (SSSR count). The van der Waals surface area contributed by atoms with Crippen molar-refractivity contribution < 1.29 is 14.1 Å². The zero-order chi connectivity index (χ0) is 20.8. The third-order valence-electron chi connectivity index (χ3n) is 5.02. The Morgan fingerprint density at radius 3 is 2.50 bits per heavy atom. The molecule has 0 saturated carbocycles. The lowest BCUT2D eigenvalue weighted by molar-refractivity contribution is -0.123. The summed E-state index contributed by atoms with van der Waals surface area (Å²) >= 11 is 3.39. The summed E-state index contributed by atoms with van der Waals surface area (Å²) in [5.41, 5.74) is 2.36. The highest BCUT2D eigenvalue weighted by Gasteiger charge is 2.55. The first kappa shape index (κ1) is 18.6. The molecule has 2 atom stereocenters. The molecule has 9 nitrogen and oxygen atoms in total. The maximum Gasteiger partial charge on any atom is 0.263 e. The predicted molar refractivity (Wildman–Crippen MR) is 109 cm³/mol. The number of carbonyl (C=O) groups is 2. The number of anilines is 1. The third kappa shape index (κ3) is 3.09. The molecule has 3 aromatic rings. The van der Waals surface area contributed by atoms with Gasteiger partial charge in [0.25, 0.3) is 11.8 Å². The van der Waals surface area contributed by atoms with E-state index in [4.69, 9.17) is 4.52 Å². The van der Waals surface area contributed by atoms with Crippen LogP contribution in [-0.2, 0) is 16.1 Å². The average molecular weight is 467 g/mol. The summed E-state index contributed by atoms with van der Waals surface area (Å²) in [6.07, 6.45) is 0. The predicted octanol–water partition coefficient (Wildman–Crippen LogP) is 3.30. The van der Waals surface area contributed by atoms with Crippen molar-refractivity contribution >= 4 is 33.4 Å². The molecule has 0 N–H and O–H groups in total. The summed E-state index contributed by atoms with van der Waals surface area (Å²) in [4.78, 5) is 31.3. The highest BCUT2D eigenvalue weighted by atomic mass is 79.9. The maximum atomic E-state index is 13.0. The molecule has 150 valence electrons. The number of hydrogen-bond donors (Lipinski definition) is 0. The van der Waals surface area contributed by atoms with E-state index in [-0.39, 0.29) is 24.2 Å². The van der Waals surface area contributed by atoms with E-state index in [1.54, 1.807) is 12.1 Å². The Morgan fingerprint density at radius 2 is 1.77 bits per heavy atom. The molecule has 0 radical (unpaired) electrons. The first-order valence-corrected chi connectivity index (χ1v) is 10.0. The van der Waals surface area contributed by atoms with Gasteiger partial charge in [-0.15, -0.1) is 0 Å². The fourth-order valence-electron chi connectivity index (χ4n) is 3.48. The number of rotatable bonds is 4. The Kier molecular flexibility index (Phi) is 4.43. The monoisotopic (exact) mass is 466 g/mol. The van der Waals surface area contributed by atoms with Crippen LogP contribution in [0.15, 0.2) is 67.9 Å². The van der Waals surface area contributed by atoms with Crippen molar-refractivity contribution in [3.05, 3.63) is 64.5 Å². The van der Waals surface area contributed by atoms with Crippen LogP contribution in [0.4, 0.5) is 5.69 Å². The molecule has 1 saturated heterocycles. The summed E-state index contributed by atoms with van der Waals surface area (Å²) in [5.74, 6) is -0.0467. The SMILES string of the molecule is Cc1ccc(N2C(=O)[C@H]3N=NN(Cc4nc(-c5ccc(Br)cc5)no4)[C@H]3C2=O)cc1. The highest BCUT2D eigenvalue weighted by molar-refractivity contribution is 9.10. The second-order valence-corrected chi connectivity index (χ2v) is 7.97.